The molecular weight excluding hydrogens is 1040 g/mol. The third kappa shape index (κ3) is 13.6. The number of alkyl halides is 3. The van der Waals surface area contributed by atoms with Crippen molar-refractivity contribution in [3.63, 3.8) is 0 Å². The summed E-state index contributed by atoms with van der Waals surface area (Å²) >= 11 is 0. The summed E-state index contributed by atoms with van der Waals surface area (Å²) in [5, 5.41) is 0. The lowest BCUT2D eigenvalue weighted by molar-refractivity contribution is -0.0501. The fourth-order valence-electron chi connectivity index (χ4n) is 9.90. The van der Waals surface area contributed by atoms with Crippen LogP contribution in [0, 0.1) is 96.2 Å². The van der Waals surface area contributed by atoms with Crippen LogP contribution in [0.5, 0.6) is 5.88 Å². The second kappa shape index (κ2) is 23.6. The molecule has 416 valence electrons. The molecule has 9 rings (SSSR count). The molecule has 0 N–H and O–H groups in total. The van der Waals surface area contributed by atoms with Crippen molar-refractivity contribution in [1.29, 1.82) is 0 Å². The summed E-state index contributed by atoms with van der Waals surface area (Å²) in [5.74, 6) is -0.755. The Labute approximate surface area is 475 Å². The molecule has 2 aromatic heterocycles. The summed E-state index contributed by atoms with van der Waals surface area (Å²) in [6.07, 6.45) is 2.72. The smallest absolute Gasteiger partial charge is 0.399 e. The van der Waals surface area contributed by atoms with Crippen LogP contribution < -0.4 is 9.65 Å². The maximum atomic E-state index is 12.7. The van der Waals surface area contributed by atoms with Crippen LogP contribution in [0.15, 0.2) is 109 Å². The highest BCUT2D eigenvalue weighted by Crippen LogP contribution is 2.40. The molecule has 0 saturated carbocycles. The summed E-state index contributed by atoms with van der Waals surface area (Å²) < 4.78 is 77.3. The number of hydrogen-bond acceptors (Lipinski definition) is 9. The molecule has 1 fully saturated rings. The average Bonchev–Trinajstić information content (AvgIpc) is 3.90. The Morgan fingerprint density at radius 2 is 0.864 bits per heavy atom. The number of benzene rings is 6. The van der Waals surface area contributed by atoms with Crippen LogP contribution in [0.4, 0.5) is 24.5 Å². The molecule has 8 aromatic rings. The van der Waals surface area contributed by atoms with Gasteiger partial charge in [-0.05, 0) is 193 Å². The monoisotopic (exact) mass is 1110 g/mol. The molecule has 1 saturated heterocycles. The van der Waals surface area contributed by atoms with Gasteiger partial charge >= 0.3 is 22.7 Å². The Morgan fingerprint density at radius 1 is 0.506 bits per heavy atom. The van der Waals surface area contributed by atoms with Gasteiger partial charge in [0.05, 0.1) is 59.5 Å². The van der Waals surface area contributed by atoms with Crippen LogP contribution in [0.25, 0.3) is 66.0 Å². The zero-order chi connectivity index (χ0) is 59.7. The van der Waals surface area contributed by atoms with Gasteiger partial charge in [-0.2, -0.15) is 21.6 Å². The minimum absolute atomic E-state index is 0.224. The van der Waals surface area contributed by atoms with E-state index in [1.807, 2.05) is 138 Å². The van der Waals surface area contributed by atoms with Gasteiger partial charge in [0.2, 0.25) is 0 Å². The molecule has 11 nitrogen and oxygen atoms in total. The van der Waals surface area contributed by atoms with Gasteiger partial charge < -0.3 is 13.5 Å². The van der Waals surface area contributed by atoms with Crippen molar-refractivity contribution < 1.29 is 35.1 Å². The molecule has 81 heavy (non-hydrogen) atoms. The topological polar surface area (TPSA) is 122 Å². The van der Waals surface area contributed by atoms with E-state index in [4.69, 9.17) is 32.4 Å². The van der Waals surface area contributed by atoms with Gasteiger partial charge in [0.15, 0.2) is 11.4 Å². The van der Waals surface area contributed by atoms with Crippen LogP contribution in [0.3, 0.4) is 0 Å². The standard InChI is InChI=1S/C29H27N3.C21H19F3N2O3S.C15H20BNO2/c1-17-10-18(2)13-23(12-17)28-29(24-14-19(3)11-20(4)15-24)32-26(16-31-28)25-9-8-21(5)27(30-7)22(25)6;1-12-5-13(2)8-16(7-12)19-20(17-9-14(3)6-15(4)10-17)26-18(11-25-19)29-30(27,28)21(22,23)24;1-10-8-9-12(11(2)13(10)17-7)16-18-14(3,4)15(5,6)19-16/h8-16H,1-6H3;5-11H,1-4H3;8-9H,1-6H3. The molecule has 16 heteroatoms. The van der Waals surface area contributed by atoms with Gasteiger partial charge in [0.1, 0.15) is 5.69 Å². The molecule has 6 aromatic carbocycles. The van der Waals surface area contributed by atoms with Crippen molar-refractivity contribution in [2.45, 2.75) is 127 Å². The Bertz CT molecular complexity index is 3860. The van der Waals surface area contributed by atoms with Gasteiger partial charge in [-0.3, -0.25) is 4.98 Å². The maximum Gasteiger partial charge on any atom is 0.534 e. The molecule has 0 unspecified atom stereocenters. The Balaban J connectivity index is 0.000000181. The molecule has 0 atom stereocenters. The molecule has 0 amide bonds. The van der Waals surface area contributed by atoms with Crippen molar-refractivity contribution in [2.24, 2.45) is 0 Å². The fourth-order valence-corrected chi connectivity index (χ4v) is 10.3. The van der Waals surface area contributed by atoms with Crippen LogP contribution in [-0.2, 0) is 19.4 Å². The Hall–Kier alpha value is -8.02. The van der Waals surface area contributed by atoms with E-state index >= 15 is 0 Å². The Morgan fingerprint density at radius 3 is 1.26 bits per heavy atom. The first-order valence-corrected chi connectivity index (χ1v) is 27.6. The first-order chi connectivity index (χ1) is 37.8. The zero-order valence-electron chi connectivity index (χ0n) is 48.7. The predicted molar refractivity (Wildman–Crippen MR) is 318 cm³/mol. The average molecular weight is 1110 g/mol. The van der Waals surface area contributed by atoms with E-state index in [0.29, 0.717) is 28.2 Å². The number of halogens is 3. The van der Waals surface area contributed by atoms with E-state index in [1.54, 1.807) is 12.1 Å². The summed E-state index contributed by atoms with van der Waals surface area (Å²) in [7, 11) is -6.26. The van der Waals surface area contributed by atoms with E-state index in [9.17, 15) is 21.6 Å². The van der Waals surface area contributed by atoms with E-state index in [-0.39, 0.29) is 16.9 Å². The molecule has 1 aliphatic rings. The molecule has 1 aliphatic heterocycles. The number of hydrogen-bond donors (Lipinski definition) is 0. The van der Waals surface area contributed by atoms with Gasteiger partial charge in [-0.25, -0.2) is 24.6 Å². The molecule has 0 radical (unpaired) electrons. The number of aryl methyl sites for hydroxylation is 10. The second-order valence-corrected chi connectivity index (χ2v) is 23.5. The van der Waals surface area contributed by atoms with Gasteiger partial charge in [0.25, 0.3) is 5.88 Å². The van der Waals surface area contributed by atoms with Crippen LogP contribution in [0.1, 0.15) is 94.5 Å². The largest absolute Gasteiger partial charge is 0.534 e. The summed E-state index contributed by atoms with van der Waals surface area (Å²) in [4.78, 5) is 25.7. The molecule has 0 bridgehead atoms. The van der Waals surface area contributed by atoms with E-state index in [0.717, 1.165) is 89.9 Å². The normalized spacial score (nSPS) is 13.5. The molecule has 0 aliphatic carbocycles. The first kappa shape index (κ1) is 60.6. The lowest BCUT2D eigenvalue weighted by atomic mass is 9.75. The van der Waals surface area contributed by atoms with Crippen molar-refractivity contribution in [3.8, 4) is 62.2 Å². The Kier molecular flexibility index (Phi) is 17.7. The third-order valence-electron chi connectivity index (χ3n) is 14.3. The molecule has 3 heterocycles. The maximum absolute atomic E-state index is 12.7. The fraction of sp³-hybridized carbons (Fsp3) is 0.292. The minimum atomic E-state index is -5.86. The minimum Gasteiger partial charge on any atom is -0.399 e. The predicted octanol–water partition coefficient (Wildman–Crippen LogP) is 16.3. The lowest BCUT2D eigenvalue weighted by Gasteiger charge is -2.32. The van der Waals surface area contributed by atoms with Crippen LogP contribution in [-0.4, -0.2) is 52.2 Å². The third-order valence-corrected chi connectivity index (χ3v) is 15.3. The summed E-state index contributed by atoms with van der Waals surface area (Å²) in [5.41, 5.74) is 16.0. The highest BCUT2D eigenvalue weighted by molar-refractivity contribution is 7.88. The van der Waals surface area contributed by atoms with Crippen molar-refractivity contribution in [2.75, 3.05) is 0 Å². The van der Waals surface area contributed by atoms with E-state index in [1.165, 1.54) is 22.3 Å². The van der Waals surface area contributed by atoms with E-state index < -0.39 is 28.6 Å². The highest BCUT2D eigenvalue weighted by atomic mass is 32.2. The van der Waals surface area contributed by atoms with E-state index in [2.05, 4.69) is 87.9 Å². The molecule has 0 spiro atoms. The van der Waals surface area contributed by atoms with Crippen LogP contribution >= 0.6 is 0 Å². The van der Waals surface area contributed by atoms with Crippen molar-refractivity contribution in [3.05, 3.63) is 199 Å². The van der Waals surface area contributed by atoms with Crippen LogP contribution in [0.2, 0.25) is 0 Å². The molecular formula is C65H66BF3N6O5S. The number of aromatic nitrogens is 4. The summed E-state index contributed by atoms with van der Waals surface area (Å²) in [6, 6.07) is 32.2. The van der Waals surface area contributed by atoms with Gasteiger partial charge in [-0.15, -0.1) is 0 Å². The van der Waals surface area contributed by atoms with Crippen molar-refractivity contribution >= 4 is 34.1 Å². The summed E-state index contributed by atoms with van der Waals surface area (Å²) in [6.45, 7) is 46.9. The zero-order valence-corrected chi connectivity index (χ0v) is 49.6. The first-order valence-electron chi connectivity index (χ1n) is 26.2. The van der Waals surface area contributed by atoms with Gasteiger partial charge in [-0.1, -0.05) is 93.0 Å². The number of nitrogens with zero attached hydrogens (tertiary/aromatic N) is 6. The van der Waals surface area contributed by atoms with Crippen molar-refractivity contribution in [1.82, 2.24) is 19.9 Å². The SMILES string of the molecule is Cc1cc(C)cc(-c2ncc(OS(=O)(=O)C(F)(F)F)nc2-c2cc(C)cc(C)c2)c1.[C-]#[N+]c1c(C)ccc(-c2cnc(-c3cc(C)cc(C)c3)c(-c3cc(C)cc(C)c3)n2)c1C.[C-]#[N+]c1c(C)ccc(B2OC(C)(C)C(C)(C)O2)c1C. The second-order valence-electron chi connectivity index (χ2n) is 22.0. The van der Waals surface area contributed by atoms with Gasteiger partial charge in [0, 0.05) is 22.3 Å². The quantitative estimate of drug-likeness (QED) is 0.0633. The lowest BCUT2D eigenvalue weighted by Crippen LogP contribution is -2.41. The highest BCUT2D eigenvalue weighted by Gasteiger charge is 2.52. The number of rotatable bonds is 8.